The molecule has 0 bridgehead atoms. The third-order valence-electron chi connectivity index (χ3n) is 8.37. The number of hydrogen-bond acceptors (Lipinski definition) is 8. The van der Waals surface area contributed by atoms with Crippen molar-refractivity contribution in [2.75, 3.05) is 26.3 Å². The molecule has 1 saturated carbocycles. The van der Waals surface area contributed by atoms with Crippen LogP contribution in [0.5, 0.6) is 11.6 Å². The van der Waals surface area contributed by atoms with E-state index >= 15 is 0 Å². The summed E-state index contributed by atoms with van der Waals surface area (Å²) < 4.78 is 25.9. The molecule has 2 aromatic heterocycles. The predicted molar refractivity (Wildman–Crippen MR) is 175 cm³/mol. The van der Waals surface area contributed by atoms with Crippen molar-refractivity contribution in [1.82, 2.24) is 25.5 Å². The first-order valence-electron chi connectivity index (χ1n) is 15.8. The molecule has 2 N–H and O–H groups in total. The number of carbonyl (C=O) groups excluding carboxylic acids is 2. The summed E-state index contributed by atoms with van der Waals surface area (Å²) in [6.45, 7) is 6.32. The molecule has 9 nitrogen and oxygen atoms in total. The van der Waals surface area contributed by atoms with Gasteiger partial charge in [0.1, 0.15) is 22.8 Å². The topological polar surface area (TPSA) is 106 Å². The van der Waals surface area contributed by atoms with Crippen molar-refractivity contribution in [1.29, 1.82) is 0 Å². The fourth-order valence-electron chi connectivity index (χ4n) is 5.91. The lowest BCUT2D eigenvalue weighted by molar-refractivity contribution is 0.0888. The van der Waals surface area contributed by atoms with Crippen LogP contribution in [0.2, 0.25) is 0 Å². The van der Waals surface area contributed by atoms with Crippen LogP contribution in [0, 0.1) is 12.7 Å². The lowest BCUT2D eigenvalue weighted by Gasteiger charge is -2.29. The molecule has 3 heterocycles. The summed E-state index contributed by atoms with van der Waals surface area (Å²) in [4.78, 5) is 36.6. The molecule has 2 aliphatic rings. The van der Waals surface area contributed by atoms with Gasteiger partial charge in [-0.2, -0.15) is 0 Å². The molecule has 240 valence electrons. The highest BCUT2D eigenvalue weighted by Crippen LogP contribution is 2.29. The molecular formula is C35H38FN5O4S. The van der Waals surface area contributed by atoms with E-state index in [9.17, 15) is 14.0 Å². The van der Waals surface area contributed by atoms with Gasteiger partial charge in [0, 0.05) is 43.7 Å². The summed E-state index contributed by atoms with van der Waals surface area (Å²) in [6, 6.07) is 17.1. The van der Waals surface area contributed by atoms with Crippen molar-refractivity contribution < 1.29 is 23.5 Å². The number of aromatic nitrogens is 2. The fourth-order valence-corrected chi connectivity index (χ4v) is 6.50. The lowest BCUT2D eigenvalue weighted by Crippen LogP contribution is -2.44. The Labute approximate surface area is 272 Å². The third-order valence-corrected chi connectivity index (χ3v) is 9.14. The highest BCUT2D eigenvalue weighted by molar-refractivity contribution is 7.09. The fraction of sp³-hybridized carbons (Fsp3) is 0.371. The predicted octanol–water partition coefficient (Wildman–Crippen LogP) is 6.14. The lowest BCUT2D eigenvalue weighted by atomic mass is 9.91. The molecule has 0 atom stereocenters. The van der Waals surface area contributed by atoms with Crippen LogP contribution in [0.25, 0.3) is 11.1 Å². The van der Waals surface area contributed by atoms with E-state index in [1.807, 2.05) is 25.1 Å². The molecule has 2 amide bonds. The van der Waals surface area contributed by atoms with Crippen LogP contribution < -0.4 is 15.4 Å². The standard InChI is InChI=1S/C35H38FN5O4S/c1-23-38-32(22-46-23)34(43)40-29-12-10-28(11-13-29)39-33(42)31-19-27(36)20-37-35(31)45-30-5-2-4-26(18-30)25-8-6-24(7-9-25)21-41-14-3-16-44-17-15-41/h2,4-9,18-20,22,28-29H,3,10-17,21H2,1H3,(H,39,42)(H,40,43). The smallest absolute Gasteiger partial charge is 0.270 e. The first kappa shape index (κ1) is 31.8. The van der Waals surface area contributed by atoms with Gasteiger partial charge in [0.25, 0.3) is 11.8 Å². The SMILES string of the molecule is Cc1nc(C(=O)NC2CCC(NC(=O)c3cc(F)cnc3Oc3cccc(-c4ccc(CN5CCCOCC5)cc4)c3)CC2)cs1. The number of thiazole rings is 1. The molecule has 2 aromatic carbocycles. The molecular weight excluding hydrogens is 605 g/mol. The Morgan fingerprint density at radius 1 is 0.978 bits per heavy atom. The highest BCUT2D eigenvalue weighted by Gasteiger charge is 2.26. The summed E-state index contributed by atoms with van der Waals surface area (Å²) in [5.74, 6) is -0.722. The van der Waals surface area contributed by atoms with Crippen LogP contribution in [0.1, 0.15) is 63.5 Å². The molecule has 46 heavy (non-hydrogen) atoms. The quantitative estimate of drug-likeness (QED) is 0.226. The van der Waals surface area contributed by atoms with E-state index in [2.05, 4.69) is 49.8 Å². The summed E-state index contributed by atoms with van der Waals surface area (Å²) in [7, 11) is 0. The van der Waals surface area contributed by atoms with Gasteiger partial charge in [0.15, 0.2) is 0 Å². The van der Waals surface area contributed by atoms with E-state index in [1.54, 1.807) is 11.4 Å². The van der Waals surface area contributed by atoms with Crippen molar-refractivity contribution in [3.05, 3.63) is 93.8 Å². The second kappa shape index (κ2) is 14.9. The maximum atomic E-state index is 14.3. The Morgan fingerprint density at radius 3 is 2.48 bits per heavy atom. The van der Waals surface area contributed by atoms with Crippen LogP contribution in [0.3, 0.4) is 0 Å². The molecule has 6 rings (SSSR count). The first-order chi connectivity index (χ1) is 22.4. The Bertz CT molecular complexity index is 1650. The third kappa shape index (κ3) is 8.34. The second-order valence-corrected chi connectivity index (χ2v) is 12.9. The maximum Gasteiger partial charge on any atom is 0.270 e. The van der Waals surface area contributed by atoms with Crippen LogP contribution in [0.4, 0.5) is 4.39 Å². The van der Waals surface area contributed by atoms with E-state index in [0.29, 0.717) is 37.1 Å². The molecule has 0 spiro atoms. The highest BCUT2D eigenvalue weighted by atomic mass is 32.1. The van der Waals surface area contributed by atoms with Gasteiger partial charge in [-0.3, -0.25) is 14.5 Å². The average Bonchev–Trinajstić information content (AvgIpc) is 3.34. The van der Waals surface area contributed by atoms with Gasteiger partial charge in [-0.25, -0.2) is 14.4 Å². The number of benzene rings is 2. The van der Waals surface area contributed by atoms with Gasteiger partial charge < -0.3 is 20.1 Å². The number of halogens is 1. The van der Waals surface area contributed by atoms with Gasteiger partial charge in [-0.15, -0.1) is 11.3 Å². The van der Waals surface area contributed by atoms with Crippen LogP contribution in [0.15, 0.2) is 66.2 Å². The van der Waals surface area contributed by atoms with Crippen LogP contribution in [-0.2, 0) is 11.3 Å². The number of carbonyl (C=O) groups is 2. The van der Waals surface area contributed by atoms with Crippen molar-refractivity contribution in [3.63, 3.8) is 0 Å². The summed E-state index contributed by atoms with van der Waals surface area (Å²) >= 11 is 1.44. The zero-order valence-electron chi connectivity index (χ0n) is 25.8. The minimum Gasteiger partial charge on any atom is -0.438 e. The first-order valence-corrected chi connectivity index (χ1v) is 16.6. The Kier molecular flexibility index (Phi) is 10.3. The van der Waals surface area contributed by atoms with Crippen LogP contribution >= 0.6 is 11.3 Å². The van der Waals surface area contributed by atoms with Gasteiger partial charge >= 0.3 is 0 Å². The number of nitrogens with one attached hydrogen (secondary N) is 2. The normalized spacial score (nSPS) is 18.8. The van der Waals surface area contributed by atoms with Gasteiger partial charge in [-0.05, 0) is 73.9 Å². The molecule has 0 radical (unpaired) electrons. The van der Waals surface area contributed by atoms with E-state index in [-0.39, 0.29) is 29.4 Å². The number of amides is 2. The minimum atomic E-state index is -0.622. The minimum absolute atomic E-state index is 0.00947. The Balaban J connectivity index is 1.06. The van der Waals surface area contributed by atoms with Crippen LogP contribution in [-0.4, -0.2) is 65.1 Å². The second-order valence-electron chi connectivity index (χ2n) is 11.8. The monoisotopic (exact) mass is 643 g/mol. The van der Waals surface area contributed by atoms with E-state index in [1.165, 1.54) is 16.9 Å². The van der Waals surface area contributed by atoms with Gasteiger partial charge in [-0.1, -0.05) is 36.4 Å². The zero-order valence-corrected chi connectivity index (χ0v) is 26.7. The molecule has 1 aliphatic carbocycles. The summed E-state index contributed by atoms with van der Waals surface area (Å²) in [5, 5.41) is 8.66. The Hall–Kier alpha value is -4.19. The average molecular weight is 644 g/mol. The summed E-state index contributed by atoms with van der Waals surface area (Å²) in [6.07, 6.45) is 4.88. The number of ether oxygens (including phenoxy) is 2. The van der Waals surface area contributed by atoms with Gasteiger partial charge in [0.2, 0.25) is 5.88 Å². The number of aryl methyl sites for hydroxylation is 1. The van der Waals surface area contributed by atoms with Crippen molar-refractivity contribution in [2.24, 2.45) is 0 Å². The number of pyridine rings is 1. The van der Waals surface area contributed by atoms with E-state index < -0.39 is 11.7 Å². The number of nitrogens with zero attached hydrogens (tertiary/aromatic N) is 3. The molecule has 11 heteroatoms. The molecule has 4 aromatic rings. The molecule has 1 aliphatic heterocycles. The number of rotatable bonds is 9. The zero-order chi connectivity index (χ0) is 31.9. The number of hydrogen-bond donors (Lipinski definition) is 2. The Morgan fingerprint density at radius 2 is 1.74 bits per heavy atom. The molecule has 0 unspecified atom stereocenters. The van der Waals surface area contributed by atoms with Crippen molar-refractivity contribution in [3.8, 4) is 22.8 Å². The van der Waals surface area contributed by atoms with E-state index in [0.717, 1.165) is 67.7 Å². The van der Waals surface area contributed by atoms with Crippen molar-refractivity contribution >= 4 is 23.2 Å². The molecule has 1 saturated heterocycles. The van der Waals surface area contributed by atoms with Crippen molar-refractivity contribution in [2.45, 2.75) is 57.7 Å². The summed E-state index contributed by atoms with van der Waals surface area (Å²) in [5.41, 5.74) is 3.69. The van der Waals surface area contributed by atoms with Gasteiger partial charge in [0.05, 0.1) is 17.8 Å². The maximum absolute atomic E-state index is 14.3. The molecule has 2 fully saturated rings. The van der Waals surface area contributed by atoms with E-state index in [4.69, 9.17) is 9.47 Å². The largest absolute Gasteiger partial charge is 0.438 e.